The highest BCUT2D eigenvalue weighted by Gasteiger charge is 2.31. The largest absolute Gasteiger partial charge is 0.339 e. The fourth-order valence-corrected chi connectivity index (χ4v) is 4.30. The molecule has 2 saturated heterocycles. The molecule has 0 bridgehead atoms. The van der Waals surface area contributed by atoms with E-state index in [4.69, 9.17) is 0 Å². The van der Waals surface area contributed by atoms with Crippen molar-refractivity contribution >= 4 is 11.7 Å². The molecule has 2 aromatic rings. The lowest BCUT2D eigenvalue weighted by Gasteiger charge is -2.31. The Balaban J connectivity index is 1.36. The molecule has 4 rings (SSSR count). The van der Waals surface area contributed by atoms with Crippen LogP contribution >= 0.6 is 0 Å². The van der Waals surface area contributed by atoms with Gasteiger partial charge >= 0.3 is 0 Å². The summed E-state index contributed by atoms with van der Waals surface area (Å²) in [5.41, 5.74) is 3.74. The molecule has 2 aromatic carbocycles. The van der Waals surface area contributed by atoms with Gasteiger partial charge in [-0.3, -0.25) is 14.9 Å². The summed E-state index contributed by atoms with van der Waals surface area (Å²) in [6.07, 6.45) is 1.45. The molecule has 2 aliphatic heterocycles. The van der Waals surface area contributed by atoms with Crippen LogP contribution in [0.3, 0.4) is 0 Å². The Labute approximate surface area is 172 Å². The van der Waals surface area contributed by atoms with E-state index in [2.05, 4.69) is 17.6 Å². The second-order valence-corrected chi connectivity index (χ2v) is 8.49. The van der Waals surface area contributed by atoms with Gasteiger partial charge in [-0.25, -0.2) is 0 Å². The molecule has 2 heterocycles. The van der Waals surface area contributed by atoms with Crippen LogP contribution < -0.4 is 10.6 Å². The van der Waals surface area contributed by atoms with Crippen molar-refractivity contribution in [1.82, 2.24) is 15.5 Å². The SMILES string of the molecule is Cc1ccc(C(=O)C2CCN(C(=O)c3ccc([C@]4(C)CNCN4)cc3)CC2)cc1. The molecule has 0 aliphatic carbocycles. The molecule has 1 atom stereocenters. The number of carbonyl (C=O) groups is 2. The number of benzene rings is 2. The third-order valence-electron chi connectivity index (χ3n) is 6.34. The van der Waals surface area contributed by atoms with Gasteiger partial charge in [0.2, 0.25) is 0 Å². The van der Waals surface area contributed by atoms with Crippen molar-refractivity contribution in [3.8, 4) is 0 Å². The van der Waals surface area contributed by atoms with E-state index >= 15 is 0 Å². The van der Waals surface area contributed by atoms with Gasteiger partial charge in [0.05, 0.1) is 5.54 Å². The van der Waals surface area contributed by atoms with E-state index < -0.39 is 0 Å². The van der Waals surface area contributed by atoms with Gasteiger partial charge in [0.15, 0.2) is 5.78 Å². The summed E-state index contributed by atoms with van der Waals surface area (Å²) in [5.74, 6) is 0.262. The molecule has 0 unspecified atom stereocenters. The zero-order chi connectivity index (χ0) is 20.4. The minimum absolute atomic E-state index is 0.00465. The number of ketones is 1. The second-order valence-electron chi connectivity index (χ2n) is 8.49. The van der Waals surface area contributed by atoms with Gasteiger partial charge in [-0.2, -0.15) is 0 Å². The summed E-state index contributed by atoms with van der Waals surface area (Å²) in [6, 6.07) is 15.7. The minimum atomic E-state index is -0.0870. The smallest absolute Gasteiger partial charge is 0.253 e. The standard InChI is InChI=1S/C24H29N3O2/c1-17-3-5-18(6-4-17)22(28)19-11-13-27(14-12-19)23(29)20-7-9-21(10-8-20)24(2)15-25-16-26-24/h3-10,19,25-26H,11-16H2,1-2H3/t24-/m0/s1. The number of nitrogens with zero attached hydrogens (tertiary/aromatic N) is 1. The normalized spacial score (nSPS) is 22.6. The van der Waals surface area contributed by atoms with Gasteiger partial charge in [-0.1, -0.05) is 42.0 Å². The lowest BCUT2D eigenvalue weighted by molar-refractivity contribution is 0.0650. The van der Waals surface area contributed by atoms with Gasteiger partial charge < -0.3 is 10.2 Å². The monoisotopic (exact) mass is 391 g/mol. The summed E-state index contributed by atoms with van der Waals surface area (Å²) in [7, 11) is 0. The molecule has 29 heavy (non-hydrogen) atoms. The lowest BCUT2D eigenvalue weighted by atomic mass is 9.88. The van der Waals surface area contributed by atoms with Crippen molar-refractivity contribution in [2.75, 3.05) is 26.3 Å². The van der Waals surface area contributed by atoms with Crippen LogP contribution in [0.2, 0.25) is 0 Å². The quantitative estimate of drug-likeness (QED) is 0.787. The predicted octanol–water partition coefficient (Wildman–Crippen LogP) is 3.10. The van der Waals surface area contributed by atoms with Gasteiger partial charge in [0.25, 0.3) is 5.91 Å². The van der Waals surface area contributed by atoms with E-state index in [1.54, 1.807) is 0 Å². The Hall–Kier alpha value is -2.50. The first-order valence-corrected chi connectivity index (χ1v) is 10.4. The highest BCUT2D eigenvalue weighted by Crippen LogP contribution is 2.25. The number of hydrogen-bond acceptors (Lipinski definition) is 4. The zero-order valence-corrected chi connectivity index (χ0v) is 17.2. The van der Waals surface area contributed by atoms with E-state index in [1.807, 2.05) is 60.4 Å². The number of aryl methyl sites for hydroxylation is 1. The Bertz CT molecular complexity index is 875. The Morgan fingerprint density at radius 1 is 0.966 bits per heavy atom. The van der Waals surface area contributed by atoms with Crippen LogP contribution in [0.15, 0.2) is 48.5 Å². The van der Waals surface area contributed by atoms with E-state index in [0.29, 0.717) is 18.7 Å². The maximum Gasteiger partial charge on any atom is 0.253 e. The van der Waals surface area contributed by atoms with Crippen LogP contribution in [0.1, 0.15) is 51.6 Å². The number of carbonyl (C=O) groups excluding carboxylic acids is 2. The first-order chi connectivity index (χ1) is 14.0. The Morgan fingerprint density at radius 2 is 1.59 bits per heavy atom. The average molecular weight is 392 g/mol. The number of likely N-dealkylation sites (tertiary alicyclic amines) is 1. The number of amides is 1. The highest BCUT2D eigenvalue weighted by atomic mass is 16.2. The highest BCUT2D eigenvalue weighted by molar-refractivity contribution is 5.98. The minimum Gasteiger partial charge on any atom is -0.339 e. The van der Waals surface area contributed by atoms with E-state index in [1.165, 1.54) is 5.56 Å². The Kier molecular flexibility index (Phi) is 5.52. The van der Waals surface area contributed by atoms with Gasteiger partial charge in [0.1, 0.15) is 0 Å². The molecular weight excluding hydrogens is 362 g/mol. The maximum atomic E-state index is 12.9. The number of rotatable bonds is 4. The van der Waals surface area contributed by atoms with E-state index in [0.717, 1.165) is 37.2 Å². The molecule has 0 saturated carbocycles. The molecule has 5 nitrogen and oxygen atoms in total. The number of piperidine rings is 1. The predicted molar refractivity (Wildman–Crippen MR) is 114 cm³/mol. The van der Waals surface area contributed by atoms with Gasteiger partial charge in [0, 0.05) is 43.3 Å². The summed E-state index contributed by atoms with van der Waals surface area (Å²) in [5, 5.41) is 6.77. The molecule has 152 valence electrons. The van der Waals surface area contributed by atoms with Crippen LogP contribution in [0, 0.1) is 12.8 Å². The van der Waals surface area contributed by atoms with Crippen LogP contribution in [0.4, 0.5) is 0 Å². The van der Waals surface area contributed by atoms with E-state index in [9.17, 15) is 9.59 Å². The fraction of sp³-hybridized carbons (Fsp3) is 0.417. The first-order valence-electron chi connectivity index (χ1n) is 10.4. The third-order valence-corrected chi connectivity index (χ3v) is 6.34. The van der Waals surface area contributed by atoms with Crippen molar-refractivity contribution in [1.29, 1.82) is 0 Å². The average Bonchev–Trinajstić information content (AvgIpc) is 3.21. The molecule has 2 aliphatic rings. The zero-order valence-electron chi connectivity index (χ0n) is 17.2. The van der Waals surface area contributed by atoms with E-state index in [-0.39, 0.29) is 23.1 Å². The second kappa shape index (κ2) is 8.09. The van der Waals surface area contributed by atoms with Crippen LogP contribution in [0.5, 0.6) is 0 Å². The van der Waals surface area contributed by atoms with Crippen LogP contribution in [-0.4, -0.2) is 42.9 Å². The van der Waals surface area contributed by atoms with Crippen molar-refractivity contribution in [3.63, 3.8) is 0 Å². The summed E-state index contributed by atoms with van der Waals surface area (Å²) in [6.45, 7) is 7.13. The topological polar surface area (TPSA) is 61.4 Å². The summed E-state index contributed by atoms with van der Waals surface area (Å²) in [4.78, 5) is 27.5. The number of nitrogens with one attached hydrogen (secondary N) is 2. The molecule has 2 fully saturated rings. The fourth-order valence-electron chi connectivity index (χ4n) is 4.30. The lowest BCUT2D eigenvalue weighted by Crippen LogP contribution is -2.40. The van der Waals surface area contributed by atoms with Gasteiger partial charge in [-0.15, -0.1) is 0 Å². The van der Waals surface area contributed by atoms with Crippen molar-refractivity contribution in [2.24, 2.45) is 5.92 Å². The molecule has 5 heteroatoms. The number of hydrogen-bond donors (Lipinski definition) is 2. The molecule has 0 aromatic heterocycles. The molecular formula is C24H29N3O2. The number of Topliss-reactive ketones (excluding diaryl/α,β-unsaturated/α-hetero) is 1. The third kappa shape index (κ3) is 4.11. The first kappa shape index (κ1) is 19.8. The molecule has 0 spiro atoms. The summed E-state index contributed by atoms with van der Waals surface area (Å²) < 4.78 is 0. The molecule has 0 radical (unpaired) electrons. The van der Waals surface area contributed by atoms with Crippen molar-refractivity contribution in [3.05, 3.63) is 70.8 Å². The van der Waals surface area contributed by atoms with Crippen molar-refractivity contribution < 1.29 is 9.59 Å². The molecule has 2 N–H and O–H groups in total. The summed E-state index contributed by atoms with van der Waals surface area (Å²) >= 11 is 0. The van der Waals surface area contributed by atoms with Gasteiger partial charge in [-0.05, 0) is 44.4 Å². The van der Waals surface area contributed by atoms with Crippen molar-refractivity contribution in [2.45, 2.75) is 32.2 Å². The Morgan fingerprint density at radius 3 is 2.17 bits per heavy atom. The van der Waals surface area contributed by atoms with Crippen LogP contribution in [-0.2, 0) is 5.54 Å². The molecule has 1 amide bonds. The van der Waals surface area contributed by atoms with Crippen LogP contribution in [0.25, 0.3) is 0 Å². The maximum absolute atomic E-state index is 12.9.